The third-order valence-electron chi connectivity index (χ3n) is 6.18. The maximum Gasteiger partial charge on any atom is 0.193 e. The molecule has 2 saturated heterocycles. The van der Waals surface area contributed by atoms with Crippen LogP contribution in [0.4, 0.5) is 0 Å². The second-order valence-electron chi connectivity index (χ2n) is 8.67. The van der Waals surface area contributed by atoms with E-state index in [9.17, 15) is 0 Å². The highest BCUT2D eigenvalue weighted by molar-refractivity contribution is 14.0. The summed E-state index contributed by atoms with van der Waals surface area (Å²) in [6.07, 6.45) is 8.68. The predicted molar refractivity (Wildman–Crippen MR) is 137 cm³/mol. The van der Waals surface area contributed by atoms with Gasteiger partial charge >= 0.3 is 0 Å². The summed E-state index contributed by atoms with van der Waals surface area (Å²) < 4.78 is 13.4. The molecule has 176 valence electrons. The number of halogens is 1. The van der Waals surface area contributed by atoms with Gasteiger partial charge in [0.2, 0.25) is 0 Å². The lowest BCUT2D eigenvalue weighted by Gasteiger charge is -2.23. The number of hydrogen-bond donors (Lipinski definition) is 1. The van der Waals surface area contributed by atoms with E-state index in [1.165, 1.54) is 23.1 Å². The van der Waals surface area contributed by atoms with E-state index in [-0.39, 0.29) is 24.0 Å². The summed E-state index contributed by atoms with van der Waals surface area (Å²) in [4.78, 5) is 6.90. The zero-order valence-electron chi connectivity index (χ0n) is 19.2. The molecule has 2 aromatic rings. The van der Waals surface area contributed by atoms with E-state index >= 15 is 0 Å². The molecule has 2 fully saturated rings. The van der Waals surface area contributed by atoms with Crippen molar-refractivity contribution >= 4 is 29.9 Å². The Labute approximate surface area is 208 Å². The molecule has 1 unspecified atom stereocenters. The second-order valence-corrected chi connectivity index (χ2v) is 8.67. The number of benzene rings is 1. The van der Waals surface area contributed by atoms with Crippen molar-refractivity contribution in [2.24, 2.45) is 18.0 Å². The molecular formula is C24H36IN5O2. The van der Waals surface area contributed by atoms with Crippen LogP contribution in [0.25, 0.3) is 0 Å². The lowest BCUT2D eigenvalue weighted by atomic mass is 10.0. The summed E-state index contributed by atoms with van der Waals surface area (Å²) in [6, 6.07) is 8.64. The van der Waals surface area contributed by atoms with Crippen molar-refractivity contribution in [3.63, 3.8) is 0 Å². The summed E-state index contributed by atoms with van der Waals surface area (Å²) in [7, 11) is 3.84. The van der Waals surface area contributed by atoms with Crippen molar-refractivity contribution in [1.82, 2.24) is 20.0 Å². The van der Waals surface area contributed by atoms with Gasteiger partial charge in [-0.2, -0.15) is 5.10 Å². The fraction of sp³-hybridized carbons (Fsp3) is 0.583. The standard InChI is InChI=1S/C24H35N5O2.HI/c1-25-24(29-9-6-20(17-29)13-22-15-27-28(2)16-22)26-14-19-4-3-5-21(12-19)18-31-23-7-10-30-11-8-23;/h3-5,12,15-16,20,23H,6-11,13-14,17-18H2,1-2H3,(H,25,26);1H. The monoisotopic (exact) mass is 553 g/mol. The number of rotatable bonds is 7. The van der Waals surface area contributed by atoms with Gasteiger partial charge in [-0.05, 0) is 48.3 Å². The van der Waals surface area contributed by atoms with Gasteiger partial charge in [0.15, 0.2) is 5.96 Å². The van der Waals surface area contributed by atoms with Gasteiger partial charge < -0.3 is 19.7 Å². The topological polar surface area (TPSA) is 63.9 Å². The number of hydrogen-bond acceptors (Lipinski definition) is 4. The zero-order valence-corrected chi connectivity index (χ0v) is 21.5. The van der Waals surface area contributed by atoms with Crippen LogP contribution in [0.2, 0.25) is 0 Å². The van der Waals surface area contributed by atoms with Crippen molar-refractivity contribution in [3.8, 4) is 0 Å². The predicted octanol–water partition coefficient (Wildman–Crippen LogP) is 3.37. The Morgan fingerprint density at radius 1 is 1.22 bits per heavy atom. The average molecular weight is 553 g/mol. The Morgan fingerprint density at radius 2 is 2.03 bits per heavy atom. The first kappa shape index (κ1) is 25.0. The van der Waals surface area contributed by atoms with Gasteiger partial charge in [0.1, 0.15) is 0 Å². The Morgan fingerprint density at radius 3 is 2.78 bits per heavy atom. The molecule has 1 atom stereocenters. The van der Waals surface area contributed by atoms with Crippen molar-refractivity contribution in [1.29, 1.82) is 0 Å². The maximum absolute atomic E-state index is 6.08. The van der Waals surface area contributed by atoms with E-state index < -0.39 is 0 Å². The van der Waals surface area contributed by atoms with Gasteiger partial charge in [0.05, 0.1) is 18.9 Å². The highest BCUT2D eigenvalue weighted by Crippen LogP contribution is 2.21. The van der Waals surface area contributed by atoms with Crippen LogP contribution in [0, 0.1) is 5.92 Å². The van der Waals surface area contributed by atoms with Crippen LogP contribution in [0.15, 0.2) is 41.7 Å². The minimum Gasteiger partial charge on any atom is -0.381 e. The first-order chi connectivity index (χ1) is 15.2. The number of likely N-dealkylation sites (tertiary alicyclic amines) is 1. The molecule has 1 N–H and O–H groups in total. The number of nitrogens with one attached hydrogen (secondary N) is 1. The largest absolute Gasteiger partial charge is 0.381 e. The number of aliphatic imine (C=N–C) groups is 1. The molecule has 0 amide bonds. The molecule has 2 aliphatic heterocycles. The highest BCUT2D eigenvalue weighted by atomic mass is 127. The molecule has 1 aromatic carbocycles. The number of guanidine groups is 1. The minimum atomic E-state index is 0. The molecule has 32 heavy (non-hydrogen) atoms. The fourth-order valence-corrected chi connectivity index (χ4v) is 4.50. The van der Waals surface area contributed by atoms with Gasteiger partial charge in [-0.1, -0.05) is 24.3 Å². The van der Waals surface area contributed by atoms with Crippen LogP contribution < -0.4 is 5.32 Å². The Balaban J connectivity index is 0.00000289. The molecule has 0 saturated carbocycles. The van der Waals surface area contributed by atoms with E-state index in [1.54, 1.807) is 0 Å². The van der Waals surface area contributed by atoms with E-state index in [4.69, 9.17) is 9.47 Å². The third-order valence-corrected chi connectivity index (χ3v) is 6.18. The number of aromatic nitrogens is 2. The normalized spacial score (nSPS) is 19.8. The Kier molecular flexibility index (Phi) is 9.80. The van der Waals surface area contributed by atoms with Gasteiger partial charge in [0, 0.05) is 53.1 Å². The molecule has 0 aliphatic carbocycles. The molecule has 0 spiro atoms. The molecule has 0 bridgehead atoms. The summed E-state index contributed by atoms with van der Waals surface area (Å²) in [5, 5.41) is 7.84. The van der Waals surface area contributed by atoms with Crippen molar-refractivity contribution in [2.45, 2.75) is 44.9 Å². The molecule has 3 heterocycles. The molecule has 1 aromatic heterocycles. The lowest BCUT2D eigenvalue weighted by Crippen LogP contribution is -2.39. The molecule has 8 heteroatoms. The van der Waals surface area contributed by atoms with Crippen LogP contribution >= 0.6 is 24.0 Å². The Hall–Kier alpha value is -1.65. The number of ether oxygens (including phenoxy) is 2. The lowest BCUT2D eigenvalue weighted by molar-refractivity contribution is -0.0390. The Bertz CT molecular complexity index is 866. The van der Waals surface area contributed by atoms with Gasteiger partial charge in [-0.25, -0.2) is 0 Å². The molecule has 4 rings (SSSR count). The molecular weight excluding hydrogens is 517 g/mol. The van der Waals surface area contributed by atoms with Crippen molar-refractivity contribution in [2.75, 3.05) is 33.4 Å². The van der Waals surface area contributed by atoms with E-state index in [2.05, 4.69) is 50.8 Å². The quantitative estimate of drug-likeness (QED) is 0.324. The van der Waals surface area contributed by atoms with E-state index in [1.807, 2.05) is 25.0 Å². The highest BCUT2D eigenvalue weighted by Gasteiger charge is 2.25. The third kappa shape index (κ3) is 7.18. The van der Waals surface area contributed by atoms with Crippen molar-refractivity contribution in [3.05, 3.63) is 53.3 Å². The van der Waals surface area contributed by atoms with Crippen LogP contribution in [0.1, 0.15) is 36.0 Å². The summed E-state index contributed by atoms with van der Waals surface area (Å²) in [5.74, 6) is 1.63. The fourth-order valence-electron chi connectivity index (χ4n) is 4.50. The maximum atomic E-state index is 6.08. The first-order valence-electron chi connectivity index (χ1n) is 11.4. The summed E-state index contributed by atoms with van der Waals surface area (Å²) in [5.41, 5.74) is 3.79. The van der Waals surface area contributed by atoms with Gasteiger partial charge in [-0.15, -0.1) is 24.0 Å². The van der Waals surface area contributed by atoms with Crippen LogP contribution in [-0.4, -0.2) is 60.1 Å². The minimum absolute atomic E-state index is 0. The SMILES string of the molecule is CN=C(NCc1cccc(COC2CCOCC2)c1)N1CCC(Cc2cnn(C)c2)C1.I. The smallest absolute Gasteiger partial charge is 0.193 e. The molecule has 7 nitrogen and oxygen atoms in total. The van der Waals surface area contributed by atoms with E-state index in [0.717, 1.165) is 58.1 Å². The molecule has 2 aliphatic rings. The van der Waals surface area contributed by atoms with Gasteiger partial charge in [0.25, 0.3) is 0 Å². The first-order valence-corrected chi connectivity index (χ1v) is 11.4. The van der Waals surface area contributed by atoms with Crippen LogP contribution in [-0.2, 0) is 36.1 Å². The second kappa shape index (κ2) is 12.6. The van der Waals surface area contributed by atoms with Gasteiger partial charge in [-0.3, -0.25) is 9.67 Å². The number of nitrogens with zero attached hydrogens (tertiary/aromatic N) is 4. The van der Waals surface area contributed by atoms with Crippen molar-refractivity contribution < 1.29 is 9.47 Å². The molecule has 0 radical (unpaired) electrons. The summed E-state index contributed by atoms with van der Waals surface area (Å²) in [6.45, 7) is 5.13. The average Bonchev–Trinajstić information content (AvgIpc) is 3.43. The van der Waals surface area contributed by atoms with E-state index in [0.29, 0.717) is 18.6 Å². The number of aryl methyl sites for hydroxylation is 1. The van der Waals surface area contributed by atoms with Crippen LogP contribution in [0.3, 0.4) is 0 Å². The van der Waals surface area contributed by atoms with Crippen LogP contribution in [0.5, 0.6) is 0 Å². The zero-order chi connectivity index (χ0) is 21.5. The summed E-state index contributed by atoms with van der Waals surface area (Å²) >= 11 is 0.